The molecule has 0 heterocycles. The van der Waals surface area contributed by atoms with Gasteiger partial charge in [-0.05, 0) is 42.2 Å². The van der Waals surface area contributed by atoms with Crippen molar-refractivity contribution in [1.82, 2.24) is 0 Å². The minimum atomic E-state index is -1.04. The van der Waals surface area contributed by atoms with E-state index in [1.807, 2.05) is 12.1 Å². The third kappa shape index (κ3) is 4.05. The van der Waals surface area contributed by atoms with Crippen LogP contribution in [0.15, 0.2) is 48.5 Å². The molecule has 0 aliphatic heterocycles. The summed E-state index contributed by atoms with van der Waals surface area (Å²) in [7, 11) is -1.04. The van der Waals surface area contributed by atoms with Crippen molar-refractivity contribution >= 4 is 22.4 Å². The lowest BCUT2D eigenvalue weighted by atomic mass is 10.1. The van der Waals surface area contributed by atoms with Gasteiger partial charge in [0.25, 0.3) is 0 Å². The molecule has 0 spiro atoms. The minimum Gasteiger partial charge on any atom is -0.326 e. The van der Waals surface area contributed by atoms with Gasteiger partial charge in [0.2, 0.25) is 5.91 Å². The van der Waals surface area contributed by atoms with Gasteiger partial charge in [0.15, 0.2) is 0 Å². The lowest BCUT2D eigenvalue weighted by molar-refractivity contribution is -0.115. The Bertz CT molecular complexity index is 722. The summed E-state index contributed by atoms with van der Waals surface area (Å²) in [6.45, 7) is 0. The Labute approximate surface area is 137 Å². The van der Waals surface area contributed by atoms with E-state index >= 15 is 0 Å². The highest BCUT2D eigenvalue weighted by atomic mass is 32.2. The average Bonchev–Trinajstić information content (AvgIpc) is 2.97. The molecule has 5 heteroatoms. The quantitative estimate of drug-likeness (QED) is 0.915. The molecule has 1 amide bonds. The van der Waals surface area contributed by atoms with Crippen LogP contribution in [0.3, 0.4) is 0 Å². The van der Waals surface area contributed by atoms with Crippen LogP contribution in [0.25, 0.3) is 0 Å². The molecule has 1 aliphatic rings. The maximum Gasteiger partial charge on any atom is 0.225 e. The van der Waals surface area contributed by atoms with E-state index in [9.17, 15) is 13.4 Å². The first kappa shape index (κ1) is 15.9. The van der Waals surface area contributed by atoms with Crippen molar-refractivity contribution < 1.29 is 13.4 Å². The van der Waals surface area contributed by atoms with Crippen molar-refractivity contribution in [3.05, 3.63) is 65.5 Å². The van der Waals surface area contributed by atoms with Gasteiger partial charge in [-0.2, -0.15) is 0 Å². The van der Waals surface area contributed by atoms with E-state index in [1.54, 1.807) is 12.1 Å². The molecule has 3 nitrogen and oxygen atoms in total. The van der Waals surface area contributed by atoms with Crippen LogP contribution in [0, 0.1) is 5.82 Å². The molecule has 0 aromatic heterocycles. The Morgan fingerprint density at radius 3 is 2.48 bits per heavy atom. The van der Waals surface area contributed by atoms with Crippen molar-refractivity contribution in [3.8, 4) is 0 Å². The van der Waals surface area contributed by atoms with E-state index in [0.717, 1.165) is 12.8 Å². The molecule has 0 saturated heterocycles. The first-order chi connectivity index (χ1) is 11.1. The first-order valence-electron chi connectivity index (χ1n) is 7.61. The lowest BCUT2D eigenvalue weighted by Crippen LogP contribution is -2.22. The van der Waals surface area contributed by atoms with Gasteiger partial charge in [-0.25, -0.2) is 4.39 Å². The number of carbonyl (C=O) groups excluding carboxylic acids is 1. The van der Waals surface area contributed by atoms with Gasteiger partial charge in [0, 0.05) is 33.9 Å². The van der Waals surface area contributed by atoms with Gasteiger partial charge < -0.3 is 5.32 Å². The summed E-state index contributed by atoms with van der Waals surface area (Å²) in [6.07, 6.45) is 1.80. The minimum absolute atomic E-state index is 0.0920. The fourth-order valence-corrected chi connectivity index (χ4v) is 4.30. The van der Waals surface area contributed by atoms with Gasteiger partial charge in [-0.1, -0.05) is 30.3 Å². The number of carbonyl (C=O) groups is 1. The topological polar surface area (TPSA) is 46.2 Å². The Kier molecular flexibility index (Phi) is 4.86. The number of nitrogens with one attached hydrogen (secondary N) is 1. The Hall–Kier alpha value is -2.01. The second kappa shape index (κ2) is 7.04. The molecule has 1 N–H and O–H groups in total. The van der Waals surface area contributed by atoms with Crippen LogP contribution in [0.2, 0.25) is 0 Å². The summed E-state index contributed by atoms with van der Waals surface area (Å²) in [4.78, 5) is 11.9. The van der Waals surface area contributed by atoms with Crippen LogP contribution >= 0.6 is 0 Å². The van der Waals surface area contributed by atoms with E-state index in [-0.39, 0.29) is 17.6 Å². The SMILES string of the molecule is O=C(CCS(=O)C1Cc2ccccc2C1)Nc1cccc(F)c1. The maximum atomic E-state index is 13.1. The van der Waals surface area contributed by atoms with Crippen molar-refractivity contribution in [1.29, 1.82) is 0 Å². The lowest BCUT2D eigenvalue weighted by Gasteiger charge is -2.09. The standard InChI is InChI=1S/C18H18FNO2S/c19-15-6-3-7-16(12-15)20-18(21)8-9-23(22)17-10-13-4-1-2-5-14(13)11-17/h1-7,12,17H,8-11H2,(H,20,21). The summed E-state index contributed by atoms with van der Waals surface area (Å²) in [5.41, 5.74) is 2.94. The molecule has 0 fully saturated rings. The molecule has 0 radical (unpaired) electrons. The van der Waals surface area contributed by atoms with E-state index in [2.05, 4.69) is 17.4 Å². The predicted molar refractivity (Wildman–Crippen MR) is 90.3 cm³/mol. The summed E-state index contributed by atoms with van der Waals surface area (Å²) in [5, 5.41) is 2.72. The van der Waals surface area contributed by atoms with Crippen LogP contribution in [0.4, 0.5) is 10.1 Å². The largest absolute Gasteiger partial charge is 0.326 e. The highest BCUT2D eigenvalue weighted by Gasteiger charge is 2.26. The molecule has 0 bridgehead atoms. The number of anilines is 1. The number of benzene rings is 2. The monoisotopic (exact) mass is 331 g/mol. The fourth-order valence-electron chi connectivity index (χ4n) is 2.85. The normalized spacial score (nSPS) is 15.2. The molecule has 0 saturated carbocycles. The van der Waals surface area contributed by atoms with Crippen molar-refractivity contribution in [2.24, 2.45) is 0 Å². The van der Waals surface area contributed by atoms with Gasteiger partial charge in [-0.15, -0.1) is 0 Å². The Morgan fingerprint density at radius 1 is 1.13 bits per heavy atom. The third-order valence-electron chi connectivity index (χ3n) is 4.02. The van der Waals surface area contributed by atoms with Gasteiger partial charge in [0.1, 0.15) is 5.82 Å². The molecule has 1 atom stereocenters. The molecular weight excluding hydrogens is 313 g/mol. The highest BCUT2D eigenvalue weighted by Crippen LogP contribution is 2.25. The number of hydrogen-bond acceptors (Lipinski definition) is 2. The van der Waals surface area contributed by atoms with Gasteiger partial charge in [-0.3, -0.25) is 9.00 Å². The first-order valence-corrected chi connectivity index (χ1v) is 8.99. The van der Waals surface area contributed by atoms with E-state index in [1.165, 1.54) is 23.3 Å². The number of amides is 1. The van der Waals surface area contributed by atoms with Crippen LogP contribution < -0.4 is 5.32 Å². The number of fused-ring (bicyclic) bond motifs is 1. The van der Waals surface area contributed by atoms with Gasteiger partial charge >= 0.3 is 0 Å². The predicted octanol–water partition coefficient (Wildman–Crippen LogP) is 3.07. The van der Waals surface area contributed by atoms with Crippen LogP contribution in [-0.2, 0) is 28.4 Å². The molecular formula is C18H18FNO2S. The molecule has 1 unspecified atom stereocenters. The van der Waals surface area contributed by atoms with Crippen molar-refractivity contribution in [2.75, 3.05) is 11.1 Å². The molecule has 2 aromatic rings. The van der Waals surface area contributed by atoms with Crippen LogP contribution in [0.1, 0.15) is 17.5 Å². The number of hydrogen-bond donors (Lipinski definition) is 1. The van der Waals surface area contributed by atoms with E-state index < -0.39 is 16.6 Å². The highest BCUT2D eigenvalue weighted by molar-refractivity contribution is 7.85. The second-order valence-corrected chi connectivity index (χ2v) is 7.53. The summed E-state index contributed by atoms with van der Waals surface area (Å²) < 4.78 is 25.5. The molecule has 2 aromatic carbocycles. The van der Waals surface area contributed by atoms with Crippen molar-refractivity contribution in [3.63, 3.8) is 0 Å². The number of halogens is 1. The van der Waals surface area contributed by atoms with E-state index in [0.29, 0.717) is 11.4 Å². The molecule has 1 aliphatic carbocycles. The Morgan fingerprint density at radius 2 is 1.83 bits per heavy atom. The fraction of sp³-hybridized carbons (Fsp3) is 0.278. The zero-order chi connectivity index (χ0) is 16.2. The smallest absolute Gasteiger partial charge is 0.225 e. The summed E-state index contributed by atoms with van der Waals surface area (Å²) in [5.74, 6) is -0.297. The summed E-state index contributed by atoms with van der Waals surface area (Å²) >= 11 is 0. The van der Waals surface area contributed by atoms with Crippen LogP contribution in [0.5, 0.6) is 0 Å². The molecule has 120 valence electrons. The van der Waals surface area contributed by atoms with E-state index in [4.69, 9.17) is 0 Å². The maximum absolute atomic E-state index is 13.1. The molecule has 23 heavy (non-hydrogen) atoms. The van der Waals surface area contributed by atoms with Crippen LogP contribution in [-0.4, -0.2) is 21.1 Å². The summed E-state index contributed by atoms with van der Waals surface area (Å²) in [6, 6.07) is 13.9. The van der Waals surface area contributed by atoms with Crippen molar-refractivity contribution in [2.45, 2.75) is 24.5 Å². The zero-order valence-electron chi connectivity index (χ0n) is 12.6. The van der Waals surface area contributed by atoms with Gasteiger partial charge in [0.05, 0.1) is 0 Å². The number of rotatable bonds is 5. The molecule has 3 rings (SSSR count). The third-order valence-corrected chi connectivity index (χ3v) is 5.71. The second-order valence-electron chi connectivity index (χ2n) is 5.69. The average molecular weight is 331 g/mol. The zero-order valence-corrected chi connectivity index (χ0v) is 13.4. The Balaban J connectivity index is 1.49.